The van der Waals surface area contributed by atoms with E-state index in [1.807, 2.05) is 39.8 Å². The Labute approximate surface area is 126 Å². The molecule has 1 saturated heterocycles. The molecule has 1 amide bonds. The van der Waals surface area contributed by atoms with E-state index in [1.165, 1.54) is 0 Å². The molecule has 5 heteroatoms. The maximum atomic E-state index is 12.1. The van der Waals surface area contributed by atoms with Crippen molar-refractivity contribution in [2.75, 3.05) is 13.1 Å². The maximum Gasteiger partial charge on any atom is 0.410 e. The van der Waals surface area contributed by atoms with E-state index in [0.717, 1.165) is 30.8 Å². The quantitative estimate of drug-likeness (QED) is 0.840. The minimum Gasteiger partial charge on any atom is -0.488 e. The minimum absolute atomic E-state index is 0.00747. The van der Waals surface area contributed by atoms with E-state index in [2.05, 4.69) is 4.98 Å². The highest BCUT2D eigenvalue weighted by Crippen LogP contribution is 2.20. The van der Waals surface area contributed by atoms with Gasteiger partial charge in [-0.25, -0.2) is 4.79 Å². The lowest BCUT2D eigenvalue weighted by molar-refractivity contribution is 0.00774. The van der Waals surface area contributed by atoms with Crippen molar-refractivity contribution >= 4 is 6.09 Å². The average Bonchev–Trinajstić information content (AvgIpc) is 2.37. The number of amides is 1. The van der Waals surface area contributed by atoms with Gasteiger partial charge in [-0.1, -0.05) is 0 Å². The molecule has 0 aliphatic carbocycles. The van der Waals surface area contributed by atoms with Crippen LogP contribution in [0.4, 0.5) is 4.79 Å². The number of carbonyl (C=O) groups excluding carboxylic acids is 1. The van der Waals surface area contributed by atoms with Crippen LogP contribution in [0.1, 0.15) is 39.3 Å². The summed E-state index contributed by atoms with van der Waals surface area (Å²) in [6, 6.07) is 3.76. The zero-order valence-electron chi connectivity index (χ0n) is 13.3. The van der Waals surface area contributed by atoms with Gasteiger partial charge in [-0.15, -0.1) is 0 Å². The Bertz CT molecular complexity index is 497. The van der Waals surface area contributed by atoms with Crippen LogP contribution >= 0.6 is 0 Å². The number of hydrogen-bond donors (Lipinski definition) is 0. The Morgan fingerprint density at radius 2 is 2.19 bits per heavy atom. The number of pyridine rings is 1. The normalized spacial score (nSPS) is 19.2. The predicted octanol–water partition coefficient (Wildman–Crippen LogP) is 3.17. The molecule has 1 unspecified atom stereocenters. The van der Waals surface area contributed by atoms with E-state index in [1.54, 1.807) is 11.1 Å². The van der Waals surface area contributed by atoms with E-state index in [0.29, 0.717) is 6.54 Å². The highest BCUT2D eigenvalue weighted by Gasteiger charge is 2.28. The first-order valence-electron chi connectivity index (χ1n) is 7.41. The van der Waals surface area contributed by atoms with E-state index in [9.17, 15) is 4.79 Å². The highest BCUT2D eigenvalue weighted by molar-refractivity contribution is 5.68. The van der Waals surface area contributed by atoms with Gasteiger partial charge in [0, 0.05) is 24.5 Å². The third-order valence-corrected chi connectivity index (χ3v) is 3.20. The summed E-state index contributed by atoms with van der Waals surface area (Å²) in [5.74, 6) is 0.804. The Kier molecular flexibility index (Phi) is 4.70. The second kappa shape index (κ2) is 6.33. The molecule has 1 aromatic rings. The number of hydrogen-bond acceptors (Lipinski definition) is 4. The van der Waals surface area contributed by atoms with Crippen molar-refractivity contribution in [3.8, 4) is 5.75 Å². The topological polar surface area (TPSA) is 51.7 Å². The average molecular weight is 292 g/mol. The van der Waals surface area contributed by atoms with Crippen molar-refractivity contribution < 1.29 is 14.3 Å². The summed E-state index contributed by atoms with van der Waals surface area (Å²) >= 11 is 0. The molecule has 1 aromatic heterocycles. The number of aryl methyl sites for hydroxylation is 1. The third-order valence-electron chi connectivity index (χ3n) is 3.20. The molecule has 1 fully saturated rings. The van der Waals surface area contributed by atoms with Gasteiger partial charge in [0.15, 0.2) is 0 Å². The summed E-state index contributed by atoms with van der Waals surface area (Å²) in [7, 11) is 0. The Balaban J connectivity index is 1.93. The largest absolute Gasteiger partial charge is 0.488 e. The summed E-state index contributed by atoms with van der Waals surface area (Å²) in [4.78, 5) is 18.0. The molecule has 116 valence electrons. The van der Waals surface area contributed by atoms with Crippen LogP contribution in [0.3, 0.4) is 0 Å². The first-order valence-corrected chi connectivity index (χ1v) is 7.41. The fourth-order valence-electron chi connectivity index (χ4n) is 2.31. The summed E-state index contributed by atoms with van der Waals surface area (Å²) in [5.41, 5.74) is 0.458. The molecule has 0 aromatic carbocycles. The van der Waals surface area contributed by atoms with Crippen molar-refractivity contribution in [1.82, 2.24) is 9.88 Å². The molecule has 0 spiro atoms. The molecule has 2 heterocycles. The van der Waals surface area contributed by atoms with Gasteiger partial charge in [0.05, 0.1) is 6.54 Å². The molecule has 1 aliphatic heterocycles. The molecular formula is C16H24N2O3. The minimum atomic E-state index is -0.465. The Morgan fingerprint density at radius 3 is 2.86 bits per heavy atom. The van der Waals surface area contributed by atoms with Gasteiger partial charge in [-0.3, -0.25) is 4.98 Å². The van der Waals surface area contributed by atoms with Crippen LogP contribution in [0, 0.1) is 6.92 Å². The van der Waals surface area contributed by atoms with E-state index in [4.69, 9.17) is 9.47 Å². The summed E-state index contributed by atoms with van der Waals surface area (Å²) in [6.45, 7) is 8.86. The number of nitrogens with zero attached hydrogens (tertiary/aromatic N) is 2. The zero-order chi connectivity index (χ0) is 15.5. The molecule has 0 N–H and O–H groups in total. The van der Waals surface area contributed by atoms with Crippen molar-refractivity contribution in [3.05, 3.63) is 24.0 Å². The molecule has 5 nitrogen and oxygen atoms in total. The number of rotatable bonds is 2. The summed E-state index contributed by atoms with van der Waals surface area (Å²) in [5, 5.41) is 0. The van der Waals surface area contributed by atoms with E-state index in [-0.39, 0.29) is 12.2 Å². The molecule has 21 heavy (non-hydrogen) atoms. The van der Waals surface area contributed by atoms with Gasteiger partial charge >= 0.3 is 6.09 Å². The lowest BCUT2D eigenvalue weighted by atomic mass is 10.1. The van der Waals surface area contributed by atoms with Gasteiger partial charge in [-0.2, -0.15) is 0 Å². The number of ether oxygens (including phenoxy) is 2. The monoisotopic (exact) mass is 292 g/mol. The van der Waals surface area contributed by atoms with Crippen molar-refractivity contribution in [1.29, 1.82) is 0 Å². The number of likely N-dealkylation sites (tertiary alicyclic amines) is 1. The SMILES string of the molecule is Cc1cc(OC2CCCN(C(=O)OC(C)(C)C)C2)ccn1. The predicted molar refractivity (Wildman–Crippen MR) is 80.4 cm³/mol. The molecule has 1 aliphatic rings. The standard InChI is InChI=1S/C16H24N2O3/c1-12-10-13(7-8-17-12)20-14-6-5-9-18(11-14)15(19)21-16(2,3)4/h7-8,10,14H,5-6,9,11H2,1-4H3. The van der Waals surface area contributed by atoms with Gasteiger partial charge < -0.3 is 14.4 Å². The lowest BCUT2D eigenvalue weighted by Gasteiger charge is -2.34. The van der Waals surface area contributed by atoms with Crippen LogP contribution in [-0.2, 0) is 4.74 Å². The second-order valence-corrected chi connectivity index (χ2v) is 6.44. The molecule has 0 bridgehead atoms. The summed E-state index contributed by atoms with van der Waals surface area (Å²) in [6.07, 6.45) is 3.35. The first-order chi connectivity index (χ1) is 9.83. The van der Waals surface area contributed by atoms with Gasteiger partial charge in [0.2, 0.25) is 0 Å². The number of piperidine rings is 1. The molecule has 0 saturated carbocycles. The van der Waals surface area contributed by atoms with Crippen LogP contribution in [0.25, 0.3) is 0 Å². The van der Waals surface area contributed by atoms with Crippen LogP contribution in [0.2, 0.25) is 0 Å². The maximum absolute atomic E-state index is 12.1. The molecule has 2 rings (SSSR count). The van der Waals surface area contributed by atoms with Crippen LogP contribution in [-0.4, -0.2) is 40.8 Å². The number of aromatic nitrogens is 1. The molecular weight excluding hydrogens is 268 g/mol. The molecule has 1 atom stereocenters. The fourth-order valence-corrected chi connectivity index (χ4v) is 2.31. The fraction of sp³-hybridized carbons (Fsp3) is 0.625. The smallest absolute Gasteiger partial charge is 0.410 e. The van der Waals surface area contributed by atoms with Crippen molar-refractivity contribution in [2.45, 2.75) is 52.2 Å². The highest BCUT2D eigenvalue weighted by atomic mass is 16.6. The van der Waals surface area contributed by atoms with Crippen LogP contribution in [0.5, 0.6) is 5.75 Å². The second-order valence-electron chi connectivity index (χ2n) is 6.44. The van der Waals surface area contributed by atoms with Gasteiger partial charge in [0.1, 0.15) is 17.5 Å². The van der Waals surface area contributed by atoms with Crippen molar-refractivity contribution in [2.24, 2.45) is 0 Å². The van der Waals surface area contributed by atoms with E-state index >= 15 is 0 Å². The molecule has 0 radical (unpaired) electrons. The Hall–Kier alpha value is -1.78. The van der Waals surface area contributed by atoms with Crippen molar-refractivity contribution in [3.63, 3.8) is 0 Å². The Morgan fingerprint density at radius 1 is 1.43 bits per heavy atom. The van der Waals surface area contributed by atoms with Crippen LogP contribution < -0.4 is 4.74 Å². The zero-order valence-corrected chi connectivity index (χ0v) is 13.3. The van der Waals surface area contributed by atoms with E-state index < -0.39 is 5.60 Å². The third kappa shape index (κ3) is 4.92. The van der Waals surface area contributed by atoms with Gasteiger partial charge in [0.25, 0.3) is 0 Å². The van der Waals surface area contributed by atoms with Crippen LogP contribution in [0.15, 0.2) is 18.3 Å². The lowest BCUT2D eigenvalue weighted by Crippen LogP contribution is -2.46. The number of carbonyl (C=O) groups is 1. The summed E-state index contributed by atoms with van der Waals surface area (Å²) < 4.78 is 11.4. The van der Waals surface area contributed by atoms with Gasteiger partial charge in [-0.05, 0) is 46.6 Å². The first kappa shape index (κ1) is 15.6.